The van der Waals surface area contributed by atoms with Crippen molar-refractivity contribution >= 4 is 38.9 Å². The Bertz CT molecular complexity index is 1220. The van der Waals surface area contributed by atoms with Crippen LogP contribution in [-0.4, -0.2) is 42.6 Å². The fourth-order valence-corrected chi connectivity index (χ4v) is 6.71. The first-order valence-electron chi connectivity index (χ1n) is 11.2. The van der Waals surface area contributed by atoms with Gasteiger partial charge in [-0.15, -0.1) is 0 Å². The fraction of sp³-hybridized carbons (Fsp3) is 0.522. The number of hydrogen-bond donors (Lipinski definition) is 2. The maximum Gasteiger partial charge on any atom is 0.215 e. The second kappa shape index (κ2) is 8.01. The van der Waals surface area contributed by atoms with Crippen molar-refractivity contribution in [3.05, 3.63) is 30.0 Å². The van der Waals surface area contributed by atoms with Gasteiger partial charge in [-0.25, -0.2) is 18.1 Å². The SMILES string of the molecule is N#CCC1(CS(=O)(=O)NC2CC=C(c3cc(N(C=O)C4CC4)nc4[nH]ccc34)CC2)CC1. The second-order valence-corrected chi connectivity index (χ2v) is 11.2. The van der Waals surface area contributed by atoms with E-state index in [-0.39, 0.29) is 23.3 Å². The Labute approximate surface area is 187 Å². The molecule has 0 aliphatic heterocycles. The molecular weight excluding hydrogens is 426 g/mol. The maximum atomic E-state index is 12.7. The van der Waals surface area contributed by atoms with E-state index >= 15 is 0 Å². The number of amides is 1. The van der Waals surface area contributed by atoms with Gasteiger partial charge in [-0.1, -0.05) is 6.08 Å². The molecule has 0 saturated heterocycles. The quantitative estimate of drug-likeness (QED) is 0.565. The Morgan fingerprint density at radius 1 is 1.34 bits per heavy atom. The number of nitrogens with zero attached hydrogens (tertiary/aromatic N) is 3. The molecule has 1 atom stereocenters. The van der Waals surface area contributed by atoms with Crippen molar-refractivity contribution in [1.82, 2.24) is 14.7 Å². The number of nitrogens with one attached hydrogen (secondary N) is 2. The highest BCUT2D eigenvalue weighted by Crippen LogP contribution is 2.49. The van der Waals surface area contributed by atoms with Crippen LogP contribution in [0.1, 0.15) is 56.9 Å². The molecule has 9 heteroatoms. The van der Waals surface area contributed by atoms with Crippen LogP contribution in [0.4, 0.5) is 5.82 Å². The monoisotopic (exact) mass is 453 g/mol. The van der Waals surface area contributed by atoms with E-state index < -0.39 is 10.0 Å². The highest BCUT2D eigenvalue weighted by molar-refractivity contribution is 7.89. The average Bonchev–Trinajstić information content (AvgIpc) is 3.68. The molecule has 8 nitrogen and oxygen atoms in total. The zero-order chi connectivity index (χ0) is 22.3. The van der Waals surface area contributed by atoms with E-state index in [9.17, 15) is 13.2 Å². The average molecular weight is 454 g/mol. The van der Waals surface area contributed by atoms with Crippen molar-refractivity contribution in [2.45, 2.75) is 63.5 Å². The predicted octanol–water partition coefficient (Wildman–Crippen LogP) is 3.24. The van der Waals surface area contributed by atoms with E-state index in [4.69, 9.17) is 5.26 Å². The van der Waals surface area contributed by atoms with Crippen LogP contribution in [-0.2, 0) is 14.8 Å². The lowest BCUT2D eigenvalue weighted by Gasteiger charge is -2.25. The molecule has 0 bridgehead atoms. The van der Waals surface area contributed by atoms with Crippen LogP contribution >= 0.6 is 0 Å². The standard InChI is InChI=1S/C23H27N5O3S/c24-11-10-23(8-9-23)14-32(30,31)27-17-3-1-16(2-4-17)20-13-21(28(15-29)18-5-6-18)26-22-19(20)7-12-25-22/h1,7,12-13,15,17-18,27H,2-6,8-10,14H2,(H,25,26). The van der Waals surface area contributed by atoms with Gasteiger partial charge in [0, 0.05) is 30.1 Å². The third-order valence-corrected chi connectivity index (χ3v) is 8.53. The van der Waals surface area contributed by atoms with E-state index in [0.717, 1.165) is 60.7 Å². The van der Waals surface area contributed by atoms with Crippen LogP contribution in [0, 0.1) is 16.7 Å². The van der Waals surface area contributed by atoms with Crippen LogP contribution < -0.4 is 9.62 Å². The van der Waals surface area contributed by atoms with Gasteiger partial charge in [0.15, 0.2) is 0 Å². The van der Waals surface area contributed by atoms with Gasteiger partial charge in [0.25, 0.3) is 0 Å². The molecule has 2 heterocycles. The predicted molar refractivity (Wildman–Crippen MR) is 122 cm³/mol. The van der Waals surface area contributed by atoms with Crippen LogP contribution in [0.5, 0.6) is 0 Å². The summed E-state index contributed by atoms with van der Waals surface area (Å²) in [6.45, 7) is 0. The maximum absolute atomic E-state index is 12.7. The van der Waals surface area contributed by atoms with Crippen molar-refractivity contribution in [2.75, 3.05) is 10.7 Å². The minimum Gasteiger partial charge on any atom is -0.346 e. The summed E-state index contributed by atoms with van der Waals surface area (Å²) in [5.41, 5.74) is 2.61. The van der Waals surface area contributed by atoms with E-state index in [1.165, 1.54) is 0 Å². The number of carbonyl (C=O) groups excluding carboxylic acids is 1. The number of anilines is 1. The molecule has 2 saturated carbocycles. The Morgan fingerprint density at radius 3 is 2.78 bits per heavy atom. The van der Waals surface area contributed by atoms with E-state index in [0.29, 0.717) is 25.1 Å². The number of rotatable bonds is 9. The number of fused-ring (bicyclic) bond motifs is 1. The summed E-state index contributed by atoms with van der Waals surface area (Å²) >= 11 is 0. The molecule has 5 rings (SSSR count). The van der Waals surface area contributed by atoms with Gasteiger partial charge >= 0.3 is 0 Å². The van der Waals surface area contributed by atoms with Gasteiger partial charge in [-0.2, -0.15) is 5.26 Å². The third-order valence-electron chi connectivity index (χ3n) is 6.84. The summed E-state index contributed by atoms with van der Waals surface area (Å²) in [6.07, 6.45) is 10.8. The first-order valence-corrected chi connectivity index (χ1v) is 12.9. The molecule has 2 fully saturated rings. The lowest BCUT2D eigenvalue weighted by molar-refractivity contribution is -0.107. The molecule has 0 aromatic carbocycles. The van der Waals surface area contributed by atoms with Gasteiger partial charge in [0.05, 0.1) is 11.8 Å². The number of nitriles is 1. The van der Waals surface area contributed by atoms with Crippen molar-refractivity contribution < 1.29 is 13.2 Å². The number of H-pyrrole nitrogens is 1. The minimum atomic E-state index is -3.42. The summed E-state index contributed by atoms with van der Waals surface area (Å²) in [4.78, 5) is 21.2. The van der Waals surface area contributed by atoms with Crippen LogP contribution in [0.25, 0.3) is 16.6 Å². The molecule has 2 N–H and O–H groups in total. The third kappa shape index (κ3) is 4.30. The zero-order valence-corrected chi connectivity index (χ0v) is 18.7. The van der Waals surface area contributed by atoms with Crippen LogP contribution in [0.2, 0.25) is 0 Å². The lowest BCUT2D eigenvalue weighted by Crippen LogP contribution is -2.39. The molecule has 1 amide bonds. The Balaban J connectivity index is 1.33. The number of sulfonamides is 1. The van der Waals surface area contributed by atoms with E-state index in [1.54, 1.807) is 4.90 Å². The van der Waals surface area contributed by atoms with Crippen molar-refractivity contribution in [2.24, 2.45) is 5.41 Å². The number of pyridine rings is 1. The summed E-state index contributed by atoms with van der Waals surface area (Å²) in [5, 5.41) is 9.97. The summed E-state index contributed by atoms with van der Waals surface area (Å²) < 4.78 is 28.2. The number of hydrogen-bond acceptors (Lipinski definition) is 5. The van der Waals surface area contributed by atoms with Gasteiger partial charge < -0.3 is 4.98 Å². The van der Waals surface area contributed by atoms with Gasteiger partial charge in [-0.3, -0.25) is 9.69 Å². The van der Waals surface area contributed by atoms with Crippen molar-refractivity contribution in [1.29, 1.82) is 5.26 Å². The van der Waals surface area contributed by atoms with E-state index in [1.807, 2.05) is 18.3 Å². The first-order chi connectivity index (χ1) is 15.4. The Morgan fingerprint density at radius 2 is 2.16 bits per heavy atom. The summed E-state index contributed by atoms with van der Waals surface area (Å²) in [7, 11) is -3.42. The molecule has 3 aliphatic rings. The first kappa shape index (κ1) is 21.2. The number of aromatic nitrogens is 2. The number of allylic oxidation sites excluding steroid dienone is 1. The van der Waals surface area contributed by atoms with Gasteiger partial charge in [0.2, 0.25) is 16.4 Å². The molecule has 2 aromatic heterocycles. The van der Waals surface area contributed by atoms with Crippen molar-refractivity contribution in [3.63, 3.8) is 0 Å². The summed E-state index contributed by atoms with van der Waals surface area (Å²) in [5.74, 6) is 0.699. The molecule has 0 spiro atoms. The van der Waals surface area contributed by atoms with E-state index in [2.05, 4.69) is 26.8 Å². The summed E-state index contributed by atoms with van der Waals surface area (Å²) in [6, 6.07) is 6.19. The Hall–Kier alpha value is -2.70. The topological polar surface area (TPSA) is 119 Å². The highest BCUT2D eigenvalue weighted by atomic mass is 32.2. The lowest BCUT2D eigenvalue weighted by atomic mass is 9.90. The minimum absolute atomic E-state index is 0.0427. The molecule has 0 radical (unpaired) electrons. The normalized spacial score (nSPS) is 22.2. The molecule has 2 aromatic rings. The van der Waals surface area contributed by atoms with Gasteiger partial charge in [-0.05, 0) is 73.6 Å². The largest absolute Gasteiger partial charge is 0.346 e. The highest BCUT2D eigenvalue weighted by Gasteiger charge is 2.46. The van der Waals surface area contributed by atoms with Crippen LogP contribution in [0.15, 0.2) is 24.4 Å². The molecule has 3 aliphatic carbocycles. The second-order valence-electron chi connectivity index (χ2n) is 9.42. The van der Waals surface area contributed by atoms with Crippen LogP contribution in [0.3, 0.4) is 0 Å². The Kier molecular flexibility index (Phi) is 5.30. The zero-order valence-electron chi connectivity index (χ0n) is 17.9. The smallest absolute Gasteiger partial charge is 0.215 e. The van der Waals surface area contributed by atoms with Crippen molar-refractivity contribution in [3.8, 4) is 6.07 Å². The number of carbonyl (C=O) groups is 1. The molecule has 1 unspecified atom stereocenters. The molecule has 168 valence electrons. The fourth-order valence-electron chi connectivity index (χ4n) is 4.70. The molecular formula is C23H27N5O3S. The molecule has 32 heavy (non-hydrogen) atoms. The number of aromatic amines is 1. The van der Waals surface area contributed by atoms with Gasteiger partial charge in [0.1, 0.15) is 11.5 Å².